The van der Waals surface area contributed by atoms with Crippen LogP contribution in [0.1, 0.15) is 11.1 Å². The molecule has 1 heterocycles. The van der Waals surface area contributed by atoms with Crippen LogP contribution in [-0.2, 0) is 0 Å². The third-order valence-electron chi connectivity index (χ3n) is 2.19. The van der Waals surface area contributed by atoms with Crippen LogP contribution in [0.4, 0.5) is 5.13 Å². The highest BCUT2D eigenvalue weighted by atomic mass is 32.2. The van der Waals surface area contributed by atoms with E-state index < -0.39 is 0 Å². The van der Waals surface area contributed by atoms with Gasteiger partial charge in [-0.1, -0.05) is 29.2 Å². The molecule has 0 fully saturated rings. The van der Waals surface area contributed by atoms with Crippen molar-refractivity contribution in [1.82, 2.24) is 10.2 Å². The van der Waals surface area contributed by atoms with Gasteiger partial charge in [-0.2, -0.15) is 0 Å². The molecule has 0 amide bonds. The topological polar surface area (TPSA) is 61.0 Å². The molecule has 0 unspecified atom stereocenters. The molecule has 0 aliphatic heterocycles. The summed E-state index contributed by atoms with van der Waals surface area (Å²) in [7, 11) is 0. The van der Waals surface area contributed by atoms with Gasteiger partial charge in [-0.25, -0.2) is 0 Å². The first-order valence-electron chi connectivity index (χ1n) is 5.56. The van der Waals surface area contributed by atoms with Crippen molar-refractivity contribution in [3.63, 3.8) is 0 Å². The number of nitrogens with two attached hydrogens (primary N) is 1. The number of hydrogen-bond donors (Lipinski definition) is 1. The van der Waals surface area contributed by atoms with Crippen molar-refractivity contribution in [2.45, 2.75) is 18.2 Å². The zero-order valence-electron chi connectivity index (χ0n) is 10.3. The Kier molecular flexibility index (Phi) is 4.43. The lowest BCUT2D eigenvalue weighted by atomic mass is 10.1. The van der Waals surface area contributed by atoms with Gasteiger partial charge in [-0.05, 0) is 37.1 Å². The van der Waals surface area contributed by atoms with E-state index in [4.69, 9.17) is 10.5 Å². The van der Waals surface area contributed by atoms with Gasteiger partial charge in [0.05, 0.1) is 6.61 Å². The first-order valence-corrected chi connectivity index (χ1v) is 7.36. The monoisotopic (exact) mass is 281 g/mol. The number of nitrogens with zero attached hydrogens (tertiary/aromatic N) is 2. The quantitative estimate of drug-likeness (QED) is 0.674. The minimum atomic E-state index is 0.507. The maximum absolute atomic E-state index is 5.70. The minimum Gasteiger partial charge on any atom is -0.493 e. The number of aromatic nitrogens is 2. The van der Waals surface area contributed by atoms with Crippen molar-refractivity contribution >= 4 is 28.2 Å². The minimum absolute atomic E-state index is 0.507. The number of thioether (sulfide) groups is 1. The Hall–Kier alpha value is -1.27. The van der Waals surface area contributed by atoms with Gasteiger partial charge in [0.1, 0.15) is 5.75 Å². The molecular formula is C12H15N3OS2. The van der Waals surface area contributed by atoms with Crippen LogP contribution in [0.2, 0.25) is 0 Å². The molecule has 0 bridgehead atoms. The van der Waals surface area contributed by atoms with Crippen LogP contribution in [0.25, 0.3) is 0 Å². The Bertz CT molecular complexity index is 508. The number of nitrogen functional groups attached to an aromatic ring is 1. The fourth-order valence-corrected chi connectivity index (χ4v) is 3.11. The molecule has 1 aromatic heterocycles. The van der Waals surface area contributed by atoms with E-state index in [9.17, 15) is 0 Å². The fourth-order valence-electron chi connectivity index (χ4n) is 1.58. The Morgan fingerprint density at radius 2 is 1.94 bits per heavy atom. The largest absolute Gasteiger partial charge is 0.493 e. The summed E-state index contributed by atoms with van der Waals surface area (Å²) in [5.74, 6) is 1.76. The number of aryl methyl sites for hydroxylation is 2. The second-order valence-electron chi connectivity index (χ2n) is 3.93. The highest BCUT2D eigenvalue weighted by molar-refractivity contribution is 8.01. The average Bonchev–Trinajstić information content (AvgIpc) is 2.69. The molecule has 0 spiro atoms. The predicted octanol–water partition coefficient (Wildman–Crippen LogP) is 2.91. The van der Waals surface area contributed by atoms with Crippen molar-refractivity contribution < 1.29 is 4.74 Å². The molecule has 0 aliphatic rings. The molecule has 96 valence electrons. The van der Waals surface area contributed by atoms with Crippen molar-refractivity contribution in [2.24, 2.45) is 0 Å². The molecule has 1 aromatic carbocycles. The summed E-state index contributed by atoms with van der Waals surface area (Å²) >= 11 is 3.01. The number of benzene rings is 1. The van der Waals surface area contributed by atoms with Gasteiger partial charge in [0.2, 0.25) is 5.13 Å². The lowest BCUT2D eigenvalue weighted by molar-refractivity contribution is 0.343. The molecule has 6 heteroatoms. The van der Waals surface area contributed by atoms with Gasteiger partial charge in [0.15, 0.2) is 4.34 Å². The lowest BCUT2D eigenvalue weighted by Crippen LogP contribution is -2.00. The van der Waals surface area contributed by atoms with Crippen LogP contribution in [-0.4, -0.2) is 22.6 Å². The van der Waals surface area contributed by atoms with E-state index in [1.807, 2.05) is 12.1 Å². The highest BCUT2D eigenvalue weighted by Gasteiger charge is 2.02. The van der Waals surface area contributed by atoms with Crippen molar-refractivity contribution in [1.29, 1.82) is 0 Å². The van der Waals surface area contributed by atoms with E-state index in [2.05, 4.69) is 30.1 Å². The maximum Gasteiger partial charge on any atom is 0.203 e. The summed E-state index contributed by atoms with van der Waals surface area (Å²) in [6.45, 7) is 4.78. The molecule has 4 nitrogen and oxygen atoms in total. The molecule has 0 saturated heterocycles. The normalized spacial score (nSPS) is 10.6. The summed E-state index contributed by atoms with van der Waals surface area (Å²) in [5, 5.41) is 8.21. The Balaban J connectivity index is 1.78. The summed E-state index contributed by atoms with van der Waals surface area (Å²) < 4.78 is 6.59. The molecule has 2 rings (SSSR count). The van der Waals surface area contributed by atoms with Gasteiger partial charge in [-0.15, -0.1) is 10.2 Å². The van der Waals surface area contributed by atoms with Gasteiger partial charge < -0.3 is 10.5 Å². The maximum atomic E-state index is 5.70. The smallest absolute Gasteiger partial charge is 0.203 e. The average molecular weight is 281 g/mol. The third kappa shape index (κ3) is 3.89. The van der Waals surface area contributed by atoms with Gasteiger partial charge in [-0.3, -0.25) is 0 Å². The number of hydrogen-bond acceptors (Lipinski definition) is 6. The van der Waals surface area contributed by atoms with Crippen LogP contribution in [0, 0.1) is 13.8 Å². The molecule has 18 heavy (non-hydrogen) atoms. The zero-order valence-corrected chi connectivity index (χ0v) is 12.0. The second-order valence-corrected chi connectivity index (χ2v) is 6.28. The van der Waals surface area contributed by atoms with Crippen LogP contribution in [0.5, 0.6) is 5.75 Å². The summed E-state index contributed by atoms with van der Waals surface area (Å²) in [6, 6.07) is 6.22. The van der Waals surface area contributed by atoms with Crippen molar-refractivity contribution in [3.05, 3.63) is 29.3 Å². The summed E-state index contributed by atoms with van der Waals surface area (Å²) in [6.07, 6.45) is 0. The molecule has 2 aromatic rings. The number of rotatable bonds is 5. The molecule has 0 saturated carbocycles. The van der Waals surface area contributed by atoms with Gasteiger partial charge >= 0.3 is 0 Å². The van der Waals surface area contributed by atoms with Crippen LogP contribution < -0.4 is 10.5 Å². The molecular weight excluding hydrogens is 266 g/mol. The lowest BCUT2D eigenvalue weighted by Gasteiger charge is -2.07. The second kappa shape index (κ2) is 6.06. The zero-order chi connectivity index (χ0) is 13.0. The third-order valence-corrected chi connectivity index (χ3v) is 4.04. The van der Waals surface area contributed by atoms with E-state index in [1.165, 1.54) is 22.5 Å². The standard InChI is InChI=1S/C12H15N3OS2/c1-8-5-9(2)7-10(6-8)16-3-4-17-12-15-14-11(13)18-12/h5-7H,3-4H2,1-2H3,(H2,13,14). The molecule has 0 radical (unpaired) electrons. The SMILES string of the molecule is Cc1cc(C)cc(OCCSc2nnc(N)s2)c1. The number of anilines is 1. The van der Waals surface area contributed by atoms with Crippen LogP contribution in [0.3, 0.4) is 0 Å². The first kappa shape index (κ1) is 13.2. The Labute approximate surface area is 115 Å². The van der Waals surface area contributed by atoms with Gasteiger partial charge in [0, 0.05) is 5.75 Å². The molecule has 2 N–H and O–H groups in total. The number of ether oxygens (including phenoxy) is 1. The van der Waals surface area contributed by atoms with Crippen LogP contribution >= 0.6 is 23.1 Å². The van der Waals surface area contributed by atoms with E-state index in [1.54, 1.807) is 11.8 Å². The summed E-state index contributed by atoms with van der Waals surface area (Å²) in [5.41, 5.74) is 7.94. The molecule has 0 atom stereocenters. The fraction of sp³-hybridized carbons (Fsp3) is 0.333. The first-order chi connectivity index (χ1) is 8.63. The van der Waals surface area contributed by atoms with Crippen molar-refractivity contribution in [2.75, 3.05) is 18.1 Å². The van der Waals surface area contributed by atoms with Gasteiger partial charge in [0.25, 0.3) is 0 Å². The van der Waals surface area contributed by atoms with Crippen LogP contribution in [0.15, 0.2) is 22.5 Å². The van der Waals surface area contributed by atoms with E-state index in [-0.39, 0.29) is 0 Å². The Morgan fingerprint density at radius 1 is 1.22 bits per heavy atom. The highest BCUT2D eigenvalue weighted by Crippen LogP contribution is 2.23. The van der Waals surface area contributed by atoms with Crippen molar-refractivity contribution in [3.8, 4) is 5.75 Å². The predicted molar refractivity (Wildman–Crippen MR) is 76.5 cm³/mol. The van der Waals surface area contributed by atoms with E-state index >= 15 is 0 Å². The summed E-state index contributed by atoms with van der Waals surface area (Å²) in [4.78, 5) is 0. The molecule has 0 aliphatic carbocycles. The van der Waals surface area contributed by atoms with E-state index in [0.29, 0.717) is 11.7 Å². The Morgan fingerprint density at radius 3 is 2.56 bits per heavy atom. The van der Waals surface area contributed by atoms with E-state index in [0.717, 1.165) is 15.8 Å².